The molecule has 1 atom stereocenters. The molecular formula is C11H20BrN3O. The number of halogens is 1. The fourth-order valence-corrected chi connectivity index (χ4v) is 1.97. The van der Waals surface area contributed by atoms with Crippen molar-refractivity contribution in [2.75, 3.05) is 13.6 Å². The van der Waals surface area contributed by atoms with Gasteiger partial charge in [-0.3, -0.25) is 4.68 Å². The molecular weight excluding hydrogens is 270 g/mol. The molecule has 0 saturated carbocycles. The second-order valence-corrected chi connectivity index (χ2v) is 4.63. The minimum Gasteiger partial charge on any atom is -0.371 e. The molecule has 1 heterocycles. The summed E-state index contributed by atoms with van der Waals surface area (Å²) in [6, 6.07) is 0. The van der Waals surface area contributed by atoms with Crippen LogP contribution in [0.5, 0.6) is 0 Å². The summed E-state index contributed by atoms with van der Waals surface area (Å²) in [6.07, 6.45) is 0.206. The van der Waals surface area contributed by atoms with E-state index in [0.717, 1.165) is 29.0 Å². The van der Waals surface area contributed by atoms with Crippen molar-refractivity contribution in [1.29, 1.82) is 0 Å². The second-order valence-electron chi connectivity index (χ2n) is 3.84. The monoisotopic (exact) mass is 289 g/mol. The summed E-state index contributed by atoms with van der Waals surface area (Å²) >= 11 is 3.55. The van der Waals surface area contributed by atoms with Gasteiger partial charge in [-0.25, -0.2) is 0 Å². The second kappa shape index (κ2) is 6.37. The van der Waals surface area contributed by atoms with E-state index in [1.165, 1.54) is 0 Å². The highest BCUT2D eigenvalue weighted by molar-refractivity contribution is 9.10. The summed E-state index contributed by atoms with van der Waals surface area (Å²) < 4.78 is 8.79. The molecule has 0 saturated heterocycles. The molecule has 0 aliphatic heterocycles. The molecule has 0 fully saturated rings. The first-order valence-corrected chi connectivity index (χ1v) is 6.37. The van der Waals surface area contributed by atoms with Crippen LogP contribution >= 0.6 is 15.9 Å². The van der Waals surface area contributed by atoms with Crippen LogP contribution in [0.3, 0.4) is 0 Å². The first kappa shape index (κ1) is 13.7. The highest BCUT2D eigenvalue weighted by Gasteiger charge is 2.13. The molecule has 1 unspecified atom stereocenters. The van der Waals surface area contributed by atoms with Crippen molar-refractivity contribution < 1.29 is 4.74 Å². The molecule has 1 rings (SSSR count). The van der Waals surface area contributed by atoms with Crippen LogP contribution in [0.15, 0.2) is 4.47 Å². The fourth-order valence-electron chi connectivity index (χ4n) is 1.57. The third kappa shape index (κ3) is 3.30. The summed E-state index contributed by atoms with van der Waals surface area (Å²) in [7, 11) is 1.93. The van der Waals surface area contributed by atoms with Crippen LogP contribution in [-0.4, -0.2) is 29.5 Å². The van der Waals surface area contributed by atoms with Gasteiger partial charge in [0.05, 0.1) is 28.6 Å². The number of hydrogen-bond donors (Lipinski definition) is 1. The largest absolute Gasteiger partial charge is 0.371 e. The zero-order valence-corrected chi connectivity index (χ0v) is 12.0. The minimum absolute atomic E-state index is 0.206. The summed E-state index contributed by atoms with van der Waals surface area (Å²) in [5.74, 6) is 0. The first-order valence-electron chi connectivity index (χ1n) is 5.58. The zero-order chi connectivity index (χ0) is 12.1. The first-order chi connectivity index (χ1) is 7.60. The van der Waals surface area contributed by atoms with Crippen molar-refractivity contribution in [2.45, 2.75) is 40.0 Å². The summed E-state index contributed by atoms with van der Waals surface area (Å²) in [5, 5.41) is 7.52. The SMILES string of the molecule is CCn1nc(C)c(Br)c1COC(C)CNC. The highest BCUT2D eigenvalue weighted by Crippen LogP contribution is 2.22. The van der Waals surface area contributed by atoms with Gasteiger partial charge in [0, 0.05) is 13.1 Å². The van der Waals surface area contributed by atoms with E-state index in [1.807, 2.05) is 18.7 Å². The average Bonchev–Trinajstić information content (AvgIpc) is 2.53. The molecule has 0 spiro atoms. The number of rotatable bonds is 6. The molecule has 1 aromatic heterocycles. The molecule has 0 amide bonds. The van der Waals surface area contributed by atoms with Crippen LogP contribution in [0.1, 0.15) is 25.2 Å². The lowest BCUT2D eigenvalue weighted by atomic mass is 10.3. The number of likely N-dealkylation sites (N-methyl/N-ethyl adjacent to an activating group) is 1. The molecule has 1 N–H and O–H groups in total. The number of ether oxygens (including phenoxy) is 1. The number of hydrogen-bond acceptors (Lipinski definition) is 3. The summed E-state index contributed by atoms with van der Waals surface area (Å²) in [4.78, 5) is 0. The molecule has 0 bridgehead atoms. The third-order valence-electron chi connectivity index (χ3n) is 2.45. The molecule has 0 aliphatic rings. The van der Waals surface area contributed by atoms with Crippen LogP contribution < -0.4 is 5.32 Å². The molecule has 0 aromatic carbocycles. The number of nitrogens with one attached hydrogen (secondary N) is 1. The van der Waals surface area contributed by atoms with Crippen LogP contribution in [0.2, 0.25) is 0 Å². The maximum absolute atomic E-state index is 5.75. The quantitative estimate of drug-likeness (QED) is 0.872. The predicted octanol–water partition coefficient (Wildman–Crippen LogP) is 2.10. The Morgan fingerprint density at radius 2 is 2.25 bits per heavy atom. The van der Waals surface area contributed by atoms with Gasteiger partial charge in [-0.05, 0) is 43.7 Å². The van der Waals surface area contributed by atoms with E-state index in [0.29, 0.717) is 6.61 Å². The lowest BCUT2D eigenvalue weighted by Gasteiger charge is -2.13. The smallest absolute Gasteiger partial charge is 0.0900 e. The predicted molar refractivity (Wildman–Crippen MR) is 68.5 cm³/mol. The Kier molecular flexibility index (Phi) is 5.44. The van der Waals surface area contributed by atoms with E-state index in [9.17, 15) is 0 Å². The molecule has 0 radical (unpaired) electrons. The van der Waals surface area contributed by atoms with Crippen molar-refractivity contribution in [1.82, 2.24) is 15.1 Å². The van der Waals surface area contributed by atoms with Gasteiger partial charge in [-0.2, -0.15) is 5.10 Å². The number of aryl methyl sites for hydroxylation is 2. The van der Waals surface area contributed by atoms with Crippen molar-refractivity contribution in [3.63, 3.8) is 0 Å². The Balaban J connectivity index is 2.65. The lowest BCUT2D eigenvalue weighted by molar-refractivity contribution is 0.0500. The normalized spacial score (nSPS) is 13.1. The van der Waals surface area contributed by atoms with Gasteiger partial charge in [0.15, 0.2) is 0 Å². The number of nitrogens with zero attached hydrogens (tertiary/aromatic N) is 2. The zero-order valence-electron chi connectivity index (χ0n) is 10.4. The van der Waals surface area contributed by atoms with Gasteiger partial charge in [-0.1, -0.05) is 0 Å². The maximum atomic E-state index is 5.75. The van der Waals surface area contributed by atoms with Gasteiger partial charge >= 0.3 is 0 Å². The van der Waals surface area contributed by atoms with E-state index in [-0.39, 0.29) is 6.10 Å². The molecule has 16 heavy (non-hydrogen) atoms. The Morgan fingerprint density at radius 1 is 1.56 bits per heavy atom. The van der Waals surface area contributed by atoms with Crippen molar-refractivity contribution in [3.8, 4) is 0 Å². The van der Waals surface area contributed by atoms with Gasteiger partial charge in [0.1, 0.15) is 0 Å². The molecule has 5 heteroatoms. The molecule has 4 nitrogen and oxygen atoms in total. The topological polar surface area (TPSA) is 39.1 Å². The van der Waals surface area contributed by atoms with E-state index in [1.54, 1.807) is 0 Å². The van der Waals surface area contributed by atoms with Gasteiger partial charge < -0.3 is 10.1 Å². The average molecular weight is 290 g/mol. The van der Waals surface area contributed by atoms with E-state index >= 15 is 0 Å². The number of aromatic nitrogens is 2. The maximum Gasteiger partial charge on any atom is 0.0900 e. The fraction of sp³-hybridized carbons (Fsp3) is 0.727. The Morgan fingerprint density at radius 3 is 2.81 bits per heavy atom. The molecule has 1 aromatic rings. The standard InChI is InChI=1S/C11H20BrN3O/c1-5-15-10(11(12)9(3)14-15)7-16-8(2)6-13-4/h8,13H,5-7H2,1-4H3. The third-order valence-corrected chi connectivity index (χ3v) is 3.48. The van der Waals surface area contributed by atoms with Crippen molar-refractivity contribution >= 4 is 15.9 Å². The minimum atomic E-state index is 0.206. The van der Waals surface area contributed by atoms with Gasteiger partial charge in [-0.15, -0.1) is 0 Å². The Hall–Kier alpha value is -0.390. The molecule has 92 valence electrons. The van der Waals surface area contributed by atoms with Gasteiger partial charge in [0.2, 0.25) is 0 Å². The van der Waals surface area contributed by atoms with E-state index in [2.05, 4.69) is 40.2 Å². The van der Waals surface area contributed by atoms with E-state index < -0.39 is 0 Å². The highest BCUT2D eigenvalue weighted by atomic mass is 79.9. The van der Waals surface area contributed by atoms with Crippen molar-refractivity contribution in [3.05, 3.63) is 15.9 Å². The Labute approximate surface area is 105 Å². The van der Waals surface area contributed by atoms with Crippen LogP contribution in [-0.2, 0) is 17.9 Å². The Bertz CT molecular complexity index is 338. The van der Waals surface area contributed by atoms with E-state index in [4.69, 9.17) is 4.74 Å². The lowest BCUT2D eigenvalue weighted by Crippen LogP contribution is -2.24. The van der Waals surface area contributed by atoms with Crippen LogP contribution in [0.4, 0.5) is 0 Å². The summed E-state index contributed by atoms with van der Waals surface area (Å²) in [6.45, 7) is 8.46. The van der Waals surface area contributed by atoms with Gasteiger partial charge in [0.25, 0.3) is 0 Å². The van der Waals surface area contributed by atoms with Crippen molar-refractivity contribution in [2.24, 2.45) is 0 Å². The summed E-state index contributed by atoms with van der Waals surface area (Å²) in [5.41, 5.74) is 2.13. The molecule has 0 aliphatic carbocycles. The van der Waals surface area contributed by atoms with Crippen LogP contribution in [0.25, 0.3) is 0 Å². The van der Waals surface area contributed by atoms with Crippen LogP contribution in [0, 0.1) is 6.92 Å².